The third-order valence-electron chi connectivity index (χ3n) is 6.14. The molecule has 1 aromatic carbocycles. The molecular formula is C21H26ClFN2O4. The van der Waals surface area contributed by atoms with Crippen molar-refractivity contribution in [1.82, 2.24) is 4.57 Å². The number of carboxylic acids is 1. The molecule has 0 amide bonds. The van der Waals surface area contributed by atoms with Crippen molar-refractivity contribution in [2.75, 3.05) is 18.0 Å². The lowest BCUT2D eigenvalue weighted by molar-refractivity contribution is 0.0334. The summed E-state index contributed by atoms with van der Waals surface area (Å²) in [6.07, 6.45) is 3.31. The van der Waals surface area contributed by atoms with Gasteiger partial charge < -0.3 is 19.7 Å². The zero-order valence-corrected chi connectivity index (χ0v) is 17.6. The van der Waals surface area contributed by atoms with Crippen LogP contribution in [0.2, 0.25) is 0 Å². The molecule has 158 valence electrons. The van der Waals surface area contributed by atoms with Gasteiger partial charge in [-0.3, -0.25) is 4.79 Å². The first-order valence-electron chi connectivity index (χ1n) is 9.66. The molecule has 0 radical (unpaired) electrons. The van der Waals surface area contributed by atoms with Gasteiger partial charge in [-0.1, -0.05) is 13.8 Å². The number of hydrogen-bond donors (Lipinski definition) is 2. The minimum absolute atomic E-state index is 0. The van der Waals surface area contributed by atoms with Crippen molar-refractivity contribution < 1.29 is 19.4 Å². The van der Waals surface area contributed by atoms with Gasteiger partial charge in [0.05, 0.1) is 17.3 Å². The molecule has 2 fully saturated rings. The third kappa shape index (κ3) is 3.51. The standard InChI is InChI=1S/C21H25FN2O4.ClH/c1-11-17-13(19(26)14(20(27)28)9-24(17)12-4-5-12)8-15(22)18(11)23-7-6-16(25)21(2,3)10-23;/h8-9,12,16,25H,4-7,10H2,1-3H3,(H,27,28);1H. The maximum atomic E-state index is 15.2. The molecule has 2 aliphatic rings. The van der Waals surface area contributed by atoms with Gasteiger partial charge in [-0.25, -0.2) is 9.18 Å². The van der Waals surface area contributed by atoms with E-state index in [1.807, 2.05) is 23.3 Å². The number of nitrogens with zero attached hydrogens (tertiary/aromatic N) is 2. The number of rotatable bonds is 3. The number of anilines is 1. The van der Waals surface area contributed by atoms with E-state index in [0.29, 0.717) is 36.3 Å². The summed E-state index contributed by atoms with van der Waals surface area (Å²) in [4.78, 5) is 26.1. The van der Waals surface area contributed by atoms with Gasteiger partial charge in [0.15, 0.2) is 0 Å². The minimum atomic E-state index is -1.30. The number of aryl methyl sites for hydroxylation is 1. The number of carboxylic acid groups (broad SMARTS) is 1. The van der Waals surface area contributed by atoms with Crippen LogP contribution >= 0.6 is 12.4 Å². The number of aromatic nitrogens is 1. The zero-order chi connectivity index (χ0) is 20.4. The summed E-state index contributed by atoms with van der Waals surface area (Å²) in [6.45, 7) is 6.72. The van der Waals surface area contributed by atoms with Crippen LogP contribution in [0.15, 0.2) is 17.1 Å². The normalized spacial score (nSPS) is 21.1. The van der Waals surface area contributed by atoms with Crippen LogP contribution in [0.5, 0.6) is 0 Å². The maximum absolute atomic E-state index is 15.2. The van der Waals surface area contributed by atoms with Gasteiger partial charge in [-0.05, 0) is 37.8 Å². The molecule has 1 saturated heterocycles. The zero-order valence-electron chi connectivity index (χ0n) is 16.7. The van der Waals surface area contributed by atoms with E-state index < -0.39 is 23.3 Å². The van der Waals surface area contributed by atoms with Crippen molar-refractivity contribution in [3.63, 3.8) is 0 Å². The molecule has 1 aliphatic heterocycles. The second kappa shape index (κ2) is 7.29. The Hall–Kier alpha value is -2.12. The van der Waals surface area contributed by atoms with Crippen LogP contribution in [0.3, 0.4) is 0 Å². The van der Waals surface area contributed by atoms with Crippen LogP contribution in [0, 0.1) is 18.2 Å². The van der Waals surface area contributed by atoms with Crippen LogP contribution in [-0.4, -0.2) is 39.9 Å². The lowest BCUT2D eigenvalue weighted by Crippen LogP contribution is -2.49. The molecule has 4 rings (SSSR count). The Labute approximate surface area is 174 Å². The van der Waals surface area contributed by atoms with Gasteiger partial charge in [0.25, 0.3) is 0 Å². The van der Waals surface area contributed by atoms with E-state index >= 15 is 4.39 Å². The van der Waals surface area contributed by atoms with Gasteiger partial charge in [-0.15, -0.1) is 12.4 Å². The molecule has 2 aromatic rings. The fraction of sp³-hybridized carbons (Fsp3) is 0.524. The van der Waals surface area contributed by atoms with E-state index in [0.717, 1.165) is 12.8 Å². The van der Waals surface area contributed by atoms with Crippen LogP contribution in [0.25, 0.3) is 10.9 Å². The number of benzene rings is 1. The molecule has 0 bridgehead atoms. The molecule has 2 heterocycles. The van der Waals surface area contributed by atoms with Gasteiger partial charge in [0.2, 0.25) is 5.43 Å². The largest absolute Gasteiger partial charge is 0.477 e. The molecular weight excluding hydrogens is 399 g/mol. The Morgan fingerprint density at radius 3 is 2.48 bits per heavy atom. The average Bonchev–Trinajstić information content (AvgIpc) is 3.43. The van der Waals surface area contributed by atoms with Gasteiger partial charge >= 0.3 is 5.97 Å². The minimum Gasteiger partial charge on any atom is -0.477 e. The van der Waals surface area contributed by atoms with Gasteiger partial charge in [-0.2, -0.15) is 0 Å². The molecule has 1 unspecified atom stereocenters. The van der Waals surface area contributed by atoms with Crippen molar-refractivity contribution in [2.24, 2.45) is 5.41 Å². The average molecular weight is 425 g/mol. The summed E-state index contributed by atoms with van der Waals surface area (Å²) in [5.41, 5.74) is 0.330. The quantitative estimate of drug-likeness (QED) is 0.788. The molecule has 1 aliphatic carbocycles. The predicted molar refractivity (Wildman–Crippen MR) is 112 cm³/mol. The van der Waals surface area contributed by atoms with Gasteiger partial charge in [0, 0.05) is 36.1 Å². The van der Waals surface area contributed by atoms with E-state index in [-0.39, 0.29) is 34.8 Å². The predicted octanol–water partition coefficient (Wildman–Crippen LogP) is 3.50. The van der Waals surface area contributed by atoms with Crippen molar-refractivity contribution in [3.8, 4) is 0 Å². The summed E-state index contributed by atoms with van der Waals surface area (Å²) in [5.74, 6) is -1.82. The number of aliphatic hydroxyl groups is 1. The Bertz CT molecular complexity index is 1050. The molecule has 2 N–H and O–H groups in total. The molecule has 29 heavy (non-hydrogen) atoms. The van der Waals surface area contributed by atoms with Gasteiger partial charge in [0.1, 0.15) is 11.4 Å². The van der Waals surface area contributed by atoms with Crippen molar-refractivity contribution in [2.45, 2.75) is 52.2 Å². The Morgan fingerprint density at radius 1 is 1.28 bits per heavy atom. The van der Waals surface area contributed by atoms with E-state index in [4.69, 9.17) is 0 Å². The second-order valence-corrected chi connectivity index (χ2v) is 8.76. The molecule has 6 nitrogen and oxygen atoms in total. The first-order chi connectivity index (χ1) is 13.1. The lowest BCUT2D eigenvalue weighted by atomic mass is 9.81. The topological polar surface area (TPSA) is 82.8 Å². The summed E-state index contributed by atoms with van der Waals surface area (Å²) in [6, 6.07) is 1.32. The fourth-order valence-corrected chi connectivity index (χ4v) is 4.39. The summed E-state index contributed by atoms with van der Waals surface area (Å²) >= 11 is 0. The van der Waals surface area contributed by atoms with E-state index in [9.17, 15) is 19.8 Å². The Morgan fingerprint density at radius 2 is 1.93 bits per heavy atom. The fourth-order valence-electron chi connectivity index (χ4n) is 4.39. The number of carbonyl (C=O) groups is 1. The number of aromatic carboxylic acids is 1. The number of piperidine rings is 1. The Kier molecular flexibility index (Phi) is 5.43. The number of aliphatic hydroxyl groups excluding tert-OH is 1. The van der Waals surface area contributed by atoms with Crippen LogP contribution in [0.4, 0.5) is 10.1 Å². The molecule has 1 atom stereocenters. The second-order valence-electron chi connectivity index (χ2n) is 8.76. The molecule has 1 aromatic heterocycles. The van der Waals surface area contributed by atoms with Crippen LogP contribution in [0.1, 0.15) is 55.1 Å². The monoisotopic (exact) mass is 424 g/mol. The van der Waals surface area contributed by atoms with Crippen molar-refractivity contribution in [1.29, 1.82) is 0 Å². The summed E-state index contributed by atoms with van der Waals surface area (Å²) in [7, 11) is 0. The lowest BCUT2D eigenvalue weighted by Gasteiger charge is -2.43. The number of fused-ring (bicyclic) bond motifs is 1. The molecule has 0 spiro atoms. The van der Waals surface area contributed by atoms with E-state index in [2.05, 4.69) is 0 Å². The molecule has 8 heteroatoms. The van der Waals surface area contributed by atoms with Crippen LogP contribution in [-0.2, 0) is 0 Å². The van der Waals surface area contributed by atoms with Crippen LogP contribution < -0.4 is 10.3 Å². The highest BCUT2D eigenvalue weighted by Gasteiger charge is 2.37. The first kappa shape index (κ1) is 21.6. The van der Waals surface area contributed by atoms with Crippen molar-refractivity contribution in [3.05, 3.63) is 39.4 Å². The summed E-state index contributed by atoms with van der Waals surface area (Å²) in [5, 5.41) is 19.7. The first-order valence-corrected chi connectivity index (χ1v) is 9.66. The summed E-state index contributed by atoms with van der Waals surface area (Å²) < 4.78 is 17.0. The highest BCUT2D eigenvalue weighted by atomic mass is 35.5. The highest BCUT2D eigenvalue weighted by molar-refractivity contribution is 5.95. The van der Waals surface area contributed by atoms with E-state index in [1.54, 1.807) is 6.92 Å². The number of halogens is 2. The SMILES string of the molecule is Cc1c(N2CCC(O)C(C)(C)C2)c(F)cc2c(=O)c(C(=O)O)cn(C3CC3)c12.Cl. The maximum Gasteiger partial charge on any atom is 0.341 e. The number of pyridine rings is 1. The van der Waals surface area contributed by atoms with E-state index in [1.165, 1.54) is 12.3 Å². The Balaban J connectivity index is 0.00000240. The number of hydrogen-bond acceptors (Lipinski definition) is 4. The van der Waals surface area contributed by atoms with Crippen molar-refractivity contribution >= 4 is 35.0 Å². The highest BCUT2D eigenvalue weighted by Crippen LogP contribution is 2.41. The smallest absolute Gasteiger partial charge is 0.341 e. The molecule has 1 saturated carbocycles. The third-order valence-corrected chi connectivity index (χ3v) is 6.14.